The number of carbonyl (C=O) groups excluding carboxylic acids is 1. The smallest absolute Gasteiger partial charge is 0.291 e. The van der Waals surface area contributed by atoms with Gasteiger partial charge in [-0.3, -0.25) is 9.59 Å². The van der Waals surface area contributed by atoms with E-state index in [0.29, 0.717) is 40.9 Å². The molecule has 0 bridgehead atoms. The third-order valence-electron chi connectivity index (χ3n) is 6.27. The Labute approximate surface area is 218 Å². The molecule has 5 rings (SSSR count). The van der Waals surface area contributed by atoms with Crippen LogP contribution in [0.4, 0.5) is 4.39 Å². The highest BCUT2D eigenvalue weighted by Gasteiger charge is 2.43. The van der Waals surface area contributed by atoms with E-state index in [4.69, 9.17) is 25.5 Å². The van der Waals surface area contributed by atoms with Gasteiger partial charge in [-0.1, -0.05) is 42.8 Å². The van der Waals surface area contributed by atoms with E-state index >= 15 is 0 Å². The maximum absolute atomic E-state index is 14.1. The van der Waals surface area contributed by atoms with Crippen LogP contribution in [-0.4, -0.2) is 24.0 Å². The second-order valence-corrected chi connectivity index (χ2v) is 9.14. The van der Waals surface area contributed by atoms with Crippen LogP contribution in [0.3, 0.4) is 0 Å². The van der Waals surface area contributed by atoms with E-state index in [1.165, 1.54) is 12.1 Å². The van der Waals surface area contributed by atoms with Crippen molar-refractivity contribution in [1.82, 2.24) is 4.90 Å². The van der Waals surface area contributed by atoms with Gasteiger partial charge >= 0.3 is 0 Å². The van der Waals surface area contributed by atoms with Gasteiger partial charge in [-0.25, -0.2) is 4.39 Å². The van der Waals surface area contributed by atoms with Gasteiger partial charge < -0.3 is 18.8 Å². The fourth-order valence-electron chi connectivity index (χ4n) is 4.61. The molecule has 0 spiro atoms. The van der Waals surface area contributed by atoms with E-state index in [9.17, 15) is 14.0 Å². The summed E-state index contributed by atoms with van der Waals surface area (Å²) < 4.78 is 31.6. The lowest BCUT2D eigenvalue weighted by Gasteiger charge is -2.26. The van der Waals surface area contributed by atoms with Crippen LogP contribution in [-0.2, 0) is 6.54 Å². The Morgan fingerprint density at radius 2 is 1.81 bits per heavy atom. The maximum atomic E-state index is 14.1. The minimum Gasteiger partial charge on any atom is -0.490 e. The first-order valence-electron chi connectivity index (χ1n) is 12.1. The number of carbonyl (C=O) groups is 1. The van der Waals surface area contributed by atoms with Gasteiger partial charge in [-0.05, 0) is 60.9 Å². The average Bonchev–Trinajstić information content (AvgIpc) is 3.17. The fraction of sp³-hybridized carbons (Fsp3) is 0.241. The van der Waals surface area contributed by atoms with Crippen molar-refractivity contribution >= 4 is 28.5 Å². The van der Waals surface area contributed by atoms with E-state index in [1.54, 1.807) is 35.2 Å². The molecule has 0 saturated carbocycles. The number of hydrogen-bond donors (Lipinski definition) is 0. The van der Waals surface area contributed by atoms with Crippen molar-refractivity contribution in [2.45, 2.75) is 32.9 Å². The number of halogens is 2. The quantitative estimate of drug-likeness (QED) is 0.264. The minimum absolute atomic E-state index is 0.0644. The van der Waals surface area contributed by atoms with Gasteiger partial charge in [0.1, 0.15) is 11.4 Å². The third kappa shape index (κ3) is 4.55. The second kappa shape index (κ2) is 10.3. The second-order valence-electron chi connectivity index (χ2n) is 8.73. The van der Waals surface area contributed by atoms with Crippen molar-refractivity contribution in [2.24, 2.45) is 0 Å². The highest BCUT2D eigenvalue weighted by atomic mass is 35.5. The molecule has 8 heteroatoms. The van der Waals surface area contributed by atoms with E-state index in [2.05, 4.69) is 0 Å². The summed E-state index contributed by atoms with van der Waals surface area (Å²) in [6, 6.07) is 15.4. The van der Waals surface area contributed by atoms with Crippen LogP contribution in [0.15, 0.2) is 69.9 Å². The Hall–Kier alpha value is -3.84. The maximum Gasteiger partial charge on any atom is 0.291 e. The number of fused-ring (bicyclic) bond motifs is 2. The number of hydrogen-bond acceptors (Lipinski definition) is 5. The minimum atomic E-state index is -0.804. The standard InChI is InChI=1S/C29H25ClFNO5/c1-3-13-36-23-11-9-17(14-24(23)35-4-2)26-25-27(33)20-15-19(31)10-12-22(20)37-28(25)29(34)32(26)16-18-7-5-6-8-21(18)30/h5-12,14-15,26H,3-4,13,16H2,1-2H3. The van der Waals surface area contributed by atoms with Crippen molar-refractivity contribution in [3.8, 4) is 11.5 Å². The molecule has 0 N–H and O–H groups in total. The molecule has 0 saturated heterocycles. The fourth-order valence-corrected chi connectivity index (χ4v) is 4.80. The van der Waals surface area contributed by atoms with Gasteiger partial charge in [-0.2, -0.15) is 0 Å². The number of amides is 1. The van der Waals surface area contributed by atoms with E-state index in [1.807, 2.05) is 26.0 Å². The summed E-state index contributed by atoms with van der Waals surface area (Å²) in [7, 11) is 0. The molecule has 2 heterocycles. The van der Waals surface area contributed by atoms with Crippen molar-refractivity contribution in [1.29, 1.82) is 0 Å². The molecule has 6 nitrogen and oxygen atoms in total. The number of nitrogens with zero attached hydrogens (tertiary/aromatic N) is 1. The van der Waals surface area contributed by atoms with Crippen LogP contribution in [0.25, 0.3) is 11.0 Å². The predicted molar refractivity (Wildman–Crippen MR) is 139 cm³/mol. The highest BCUT2D eigenvalue weighted by molar-refractivity contribution is 6.31. The van der Waals surface area contributed by atoms with Gasteiger partial charge in [0.15, 0.2) is 16.9 Å². The van der Waals surface area contributed by atoms with Crippen LogP contribution >= 0.6 is 11.6 Å². The predicted octanol–water partition coefficient (Wildman–Crippen LogP) is 6.52. The first kappa shape index (κ1) is 24.8. The van der Waals surface area contributed by atoms with Crippen LogP contribution in [0, 0.1) is 5.82 Å². The van der Waals surface area contributed by atoms with Gasteiger partial charge in [0.25, 0.3) is 5.91 Å². The Morgan fingerprint density at radius 3 is 2.57 bits per heavy atom. The molecule has 3 aromatic carbocycles. The summed E-state index contributed by atoms with van der Waals surface area (Å²) in [6.07, 6.45) is 0.827. The molecule has 1 aliphatic heterocycles. The molecular formula is C29H25ClFNO5. The van der Waals surface area contributed by atoms with Gasteiger partial charge in [-0.15, -0.1) is 0 Å². The van der Waals surface area contributed by atoms with Gasteiger partial charge in [0.05, 0.1) is 30.2 Å². The van der Waals surface area contributed by atoms with E-state index in [-0.39, 0.29) is 28.8 Å². The van der Waals surface area contributed by atoms with Crippen molar-refractivity contribution in [3.05, 3.63) is 104 Å². The molecule has 1 aromatic heterocycles. The summed E-state index contributed by atoms with van der Waals surface area (Å²) in [5.74, 6) is -0.00641. The summed E-state index contributed by atoms with van der Waals surface area (Å²) in [5.41, 5.74) is 1.19. The summed E-state index contributed by atoms with van der Waals surface area (Å²) in [4.78, 5) is 28.9. The molecule has 37 heavy (non-hydrogen) atoms. The van der Waals surface area contributed by atoms with Gasteiger partial charge in [0.2, 0.25) is 5.76 Å². The Bertz CT molecular complexity index is 1550. The molecule has 190 valence electrons. The molecule has 0 radical (unpaired) electrons. The third-order valence-corrected chi connectivity index (χ3v) is 6.64. The number of rotatable bonds is 8. The summed E-state index contributed by atoms with van der Waals surface area (Å²) in [6.45, 7) is 4.93. The van der Waals surface area contributed by atoms with E-state index in [0.717, 1.165) is 12.5 Å². The van der Waals surface area contributed by atoms with Gasteiger partial charge in [0, 0.05) is 11.6 Å². The monoisotopic (exact) mass is 521 g/mol. The molecule has 4 aromatic rings. The Kier molecular flexibility index (Phi) is 6.89. The molecule has 0 fully saturated rings. The Morgan fingerprint density at radius 1 is 1.00 bits per heavy atom. The zero-order valence-corrected chi connectivity index (χ0v) is 21.2. The van der Waals surface area contributed by atoms with Crippen LogP contribution in [0.1, 0.15) is 53.6 Å². The summed E-state index contributed by atoms with van der Waals surface area (Å²) in [5, 5.41) is 0.568. The van der Waals surface area contributed by atoms with Crippen molar-refractivity contribution in [3.63, 3.8) is 0 Å². The molecule has 1 atom stereocenters. The van der Waals surface area contributed by atoms with Crippen LogP contribution in [0.5, 0.6) is 11.5 Å². The number of ether oxygens (including phenoxy) is 2. The summed E-state index contributed by atoms with van der Waals surface area (Å²) >= 11 is 6.42. The first-order chi connectivity index (χ1) is 17.9. The first-order valence-corrected chi connectivity index (χ1v) is 12.5. The topological polar surface area (TPSA) is 69.0 Å². The largest absolute Gasteiger partial charge is 0.490 e. The van der Waals surface area contributed by atoms with Crippen molar-refractivity contribution in [2.75, 3.05) is 13.2 Å². The lowest BCUT2D eigenvalue weighted by Crippen LogP contribution is -2.29. The molecule has 1 unspecified atom stereocenters. The molecular weight excluding hydrogens is 497 g/mol. The number of benzene rings is 3. The highest BCUT2D eigenvalue weighted by Crippen LogP contribution is 2.42. The molecule has 1 aliphatic rings. The van der Waals surface area contributed by atoms with Crippen LogP contribution in [0.2, 0.25) is 5.02 Å². The van der Waals surface area contributed by atoms with Crippen molar-refractivity contribution < 1.29 is 23.1 Å². The SMILES string of the molecule is CCCOc1ccc(C2c3c(oc4ccc(F)cc4c3=O)C(=O)N2Cc2ccccc2Cl)cc1OCC. The Balaban J connectivity index is 1.70. The molecule has 0 aliphatic carbocycles. The lowest BCUT2D eigenvalue weighted by atomic mass is 9.97. The zero-order chi connectivity index (χ0) is 26.1. The molecule has 1 amide bonds. The van der Waals surface area contributed by atoms with E-state index < -0.39 is 23.2 Å². The average molecular weight is 522 g/mol. The normalized spacial score (nSPS) is 14.8. The zero-order valence-electron chi connectivity index (χ0n) is 20.4. The van der Waals surface area contributed by atoms with Crippen LogP contribution < -0.4 is 14.9 Å². The lowest BCUT2D eigenvalue weighted by molar-refractivity contribution is 0.0714.